The van der Waals surface area contributed by atoms with Crippen molar-refractivity contribution in [1.82, 2.24) is 19.7 Å². The minimum atomic E-state index is -1.17. The number of para-hydroxylation sites is 1. The van der Waals surface area contributed by atoms with Gasteiger partial charge in [0.1, 0.15) is 6.33 Å². The van der Waals surface area contributed by atoms with Gasteiger partial charge in [-0.2, -0.15) is 5.10 Å². The number of nitrogen functional groups attached to an aromatic ring is 1. The van der Waals surface area contributed by atoms with E-state index in [9.17, 15) is 4.79 Å². The molecule has 0 fully saturated rings. The maximum atomic E-state index is 10.9. The zero-order chi connectivity index (χ0) is 13.4. The van der Waals surface area contributed by atoms with Gasteiger partial charge in [0.25, 0.3) is 0 Å². The van der Waals surface area contributed by atoms with Crippen molar-refractivity contribution in [3.63, 3.8) is 0 Å². The average Bonchev–Trinajstić information content (AvgIpc) is 2.80. The second kappa shape index (κ2) is 4.05. The molecule has 2 heterocycles. The van der Waals surface area contributed by atoms with Crippen molar-refractivity contribution < 1.29 is 9.90 Å². The smallest absolute Gasteiger partial charge is 0.358 e. The molecule has 0 unspecified atom stereocenters. The predicted octanol–water partition coefficient (Wildman–Crippen LogP) is 1.10. The molecule has 0 saturated heterocycles. The van der Waals surface area contributed by atoms with Gasteiger partial charge in [-0.25, -0.2) is 19.4 Å². The maximum absolute atomic E-state index is 10.9. The molecule has 7 heteroatoms. The molecule has 1 aromatic carbocycles. The van der Waals surface area contributed by atoms with E-state index in [2.05, 4.69) is 15.1 Å². The number of fused-ring (bicyclic) bond motifs is 1. The Bertz CT molecular complexity index is 775. The summed E-state index contributed by atoms with van der Waals surface area (Å²) in [6.45, 7) is 0. The van der Waals surface area contributed by atoms with Crippen LogP contribution in [0.4, 0.5) is 5.69 Å². The number of rotatable bonds is 2. The molecule has 2 aromatic heterocycles. The molecule has 94 valence electrons. The predicted molar refractivity (Wildman–Crippen MR) is 68.0 cm³/mol. The minimum absolute atomic E-state index is 0.0928. The van der Waals surface area contributed by atoms with E-state index in [0.717, 1.165) is 10.9 Å². The molecule has 0 amide bonds. The SMILES string of the molecule is Nc1cn(-c2ncnc3ccccc23)nc1C(=O)O. The zero-order valence-electron chi connectivity index (χ0n) is 9.69. The molecular formula is C12H9N5O2. The average molecular weight is 255 g/mol. The molecule has 0 atom stereocenters. The summed E-state index contributed by atoms with van der Waals surface area (Å²) in [5, 5.41) is 13.7. The van der Waals surface area contributed by atoms with Crippen LogP contribution in [0.5, 0.6) is 0 Å². The van der Waals surface area contributed by atoms with Crippen molar-refractivity contribution in [3.05, 3.63) is 42.5 Å². The summed E-state index contributed by atoms with van der Waals surface area (Å²) in [5.74, 6) is -0.681. The summed E-state index contributed by atoms with van der Waals surface area (Å²) in [5.41, 5.74) is 6.27. The Morgan fingerprint density at radius 2 is 2.05 bits per heavy atom. The third-order valence-electron chi connectivity index (χ3n) is 2.68. The van der Waals surface area contributed by atoms with E-state index >= 15 is 0 Å². The molecule has 0 radical (unpaired) electrons. The third-order valence-corrected chi connectivity index (χ3v) is 2.68. The van der Waals surface area contributed by atoms with Crippen molar-refractivity contribution in [1.29, 1.82) is 0 Å². The van der Waals surface area contributed by atoms with Crippen LogP contribution in [-0.2, 0) is 0 Å². The van der Waals surface area contributed by atoms with Crippen LogP contribution in [0.1, 0.15) is 10.5 Å². The zero-order valence-corrected chi connectivity index (χ0v) is 9.69. The van der Waals surface area contributed by atoms with Crippen LogP contribution in [0.2, 0.25) is 0 Å². The quantitative estimate of drug-likeness (QED) is 0.710. The van der Waals surface area contributed by atoms with Crippen LogP contribution in [-0.4, -0.2) is 30.8 Å². The summed E-state index contributed by atoms with van der Waals surface area (Å²) in [6, 6.07) is 7.38. The van der Waals surface area contributed by atoms with Crippen LogP contribution in [0, 0.1) is 0 Å². The minimum Gasteiger partial charge on any atom is -0.476 e. The topological polar surface area (TPSA) is 107 Å². The van der Waals surface area contributed by atoms with Crippen LogP contribution in [0.15, 0.2) is 36.8 Å². The van der Waals surface area contributed by atoms with E-state index in [1.54, 1.807) is 0 Å². The lowest BCUT2D eigenvalue weighted by atomic mass is 10.2. The lowest BCUT2D eigenvalue weighted by Crippen LogP contribution is -2.04. The van der Waals surface area contributed by atoms with Gasteiger partial charge in [-0.15, -0.1) is 0 Å². The number of hydrogen-bond donors (Lipinski definition) is 2. The molecule has 0 aliphatic heterocycles. The van der Waals surface area contributed by atoms with E-state index in [0.29, 0.717) is 5.82 Å². The number of carbonyl (C=O) groups is 1. The van der Waals surface area contributed by atoms with Gasteiger partial charge in [-0.05, 0) is 12.1 Å². The highest BCUT2D eigenvalue weighted by atomic mass is 16.4. The highest BCUT2D eigenvalue weighted by Gasteiger charge is 2.15. The number of carboxylic acids is 1. The number of nitrogens with two attached hydrogens (primary N) is 1. The van der Waals surface area contributed by atoms with E-state index in [1.807, 2.05) is 24.3 Å². The molecule has 0 saturated carbocycles. The Hall–Kier alpha value is -2.96. The summed E-state index contributed by atoms with van der Waals surface area (Å²) in [7, 11) is 0. The highest BCUT2D eigenvalue weighted by molar-refractivity contribution is 5.91. The number of aromatic nitrogens is 4. The van der Waals surface area contributed by atoms with Gasteiger partial charge in [-0.3, -0.25) is 0 Å². The number of hydrogen-bond acceptors (Lipinski definition) is 5. The summed E-state index contributed by atoms with van der Waals surface area (Å²) < 4.78 is 1.35. The fourth-order valence-electron chi connectivity index (χ4n) is 1.84. The highest BCUT2D eigenvalue weighted by Crippen LogP contribution is 2.19. The van der Waals surface area contributed by atoms with Gasteiger partial charge in [0.15, 0.2) is 11.5 Å². The molecule has 0 aliphatic rings. The molecule has 7 nitrogen and oxygen atoms in total. The van der Waals surface area contributed by atoms with Crippen molar-refractivity contribution in [2.75, 3.05) is 5.73 Å². The molecule has 3 rings (SSSR count). The first-order chi connectivity index (χ1) is 9.16. The number of aromatic carboxylic acids is 1. The Kier molecular flexibility index (Phi) is 2.38. The van der Waals surface area contributed by atoms with Crippen LogP contribution in [0.25, 0.3) is 16.7 Å². The second-order valence-corrected chi connectivity index (χ2v) is 3.90. The van der Waals surface area contributed by atoms with Crippen molar-refractivity contribution in [3.8, 4) is 5.82 Å². The van der Waals surface area contributed by atoms with E-state index in [1.165, 1.54) is 17.2 Å². The first-order valence-electron chi connectivity index (χ1n) is 5.45. The molecule has 3 aromatic rings. The van der Waals surface area contributed by atoms with Crippen LogP contribution < -0.4 is 5.73 Å². The van der Waals surface area contributed by atoms with Crippen LogP contribution in [0.3, 0.4) is 0 Å². The van der Waals surface area contributed by atoms with Crippen molar-refractivity contribution >= 4 is 22.6 Å². The van der Waals surface area contributed by atoms with E-state index in [4.69, 9.17) is 10.8 Å². The van der Waals surface area contributed by atoms with Gasteiger partial charge >= 0.3 is 5.97 Å². The molecular weight excluding hydrogens is 246 g/mol. The third kappa shape index (κ3) is 1.77. The number of anilines is 1. The molecule has 0 bridgehead atoms. The lowest BCUT2D eigenvalue weighted by molar-refractivity contribution is 0.0691. The molecule has 0 aliphatic carbocycles. The van der Waals surface area contributed by atoms with Crippen molar-refractivity contribution in [2.24, 2.45) is 0 Å². The molecule has 3 N–H and O–H groups in total. The fraction of sp³-hybridized carbons (Fsp3) is 0. The number of benzene rings is 1. The van der Waals surface area contributed by atoms with Gasteiger partial charge < -0.3 is 10.8 Å². The summed E-state index contributed by atoms with van der Waals surface area (Å²) in [4.78, 5) is 19.2. The first-order valence-corrected chi connectivity index (χ1v) is 5.45. The van der Waals surface area contributed by atoms with Crippen molar-refractivity contribution in [2.45, 2.75) is 0 Å². The Morgan fingerprint density at radius 3 is 2.79 bits per heavy atom. The Labute approximate surface area is 107 Å². The first kappa shape index (κ1) is 11.1. The largest absolute Gasteiger partial charge is 0.476 e. The Balaban J connectivity index is 2.25. The summed E-state index contributed by atoms with van der Waals surface area (Å²) in [6.07, 6.45) is 2.83. The van der Waals surface area contributed by atoms with Crippen LogP contribution >= 0.6 is 0 Å². The number of nitrogens with zero attached hydrogens (tertiary/aromatic N) is 4. The molecule has 0 spiro atoms. The van der Waals surface area contributed by atoms with Gasteiger partial charge in [0.05, 0.1) is 17.4 Å². The second-order valence-electron chi connectivity index (χ2n) is 3.90. The fourth-order valence-corrected chi connectivity index (χ4v) is 1.84. The maximum Gasteiger partial charge on any atom is 0.358 e. The molecule has 19 heavy (non-hydrogen) atoms. The number of carboxylic acid groups (broad SMARTS) is 1. The van der Waals surface area contributed by atoms with E-state index in [-0.39, 0.29) is 11.4 Å². The standard InChI is InChI=1S/C12H9N5O2/c13-8-5-17(16-10(8)12(18)19)11-7-3-1-2-4-9(7)14-6-15-11/h1-6H,13H2,(H,18,19). The lowest BCUT2D eigenvalue weighted by Gasteiger charge is -2.03. The normalized spacial score (nSPS) is 10.7. The van der Waals surface area contributed by atoms with E-state index < -0.39 is 5.97 Å². The van der Waals surface area contributed by atoms with Gasteiger partial charge in [-0.1, -0.05) is 12.1 Å². The monoisotopic (exact) mass is 255 g/mol. The van der Waals surface area contributed by atoms with Gasteiger partial charge in [0, 0.05) is 5.39 Å². The summed E-state index contributed by atoms with van der Waals surface area (Å²) >= 11 is 0. The van der Waals surface area contributed by atoms with Gasteiger partial charge in [0.2, 0.25) is 0 Å². The Morgan fingerprint density at radius 1 is 1.26 bits per heavy atom.